The summed E-state index contributed by atoms with van der Waals surface area (Å²) in [5.74, 6) is -0.242. The third-order valence-electron chi connectivity index (χ3n) is 4.84. The molecule has 2 heterocycles. The van der Waals surface area contributed by atoms with Gasteiger partial charge in [-0.15, -0.1) is 0 Å². The van der Waals surface area contributed by atoms with Crippen LogP contribution in [0.3, 0.4) is 0 Å². The Kier molecular flexibility index (Phi) is 6.42. The highest BCUT2D eigenvalue weighted by Gasteiger charge is 2.19. The van der Waals surface area contributed by atoms with Crippen LogP contribution in [0.4, 0.5) is 11.4 Å². The van der Waals surface area contributed by atoms with Gasteiger partial charge in [-0.1, -0.05) is 29.3 Å². The van der Waals surface area contributed by atoms with Crippen molar-refractivity contribution in [2.24, 2.45) is 0 Å². The summed E-state index contributed by atoms with van der Waals surface area (Å²) in [5, 5.41) is 23.3. The fourth-order valence-corrected chi connectivity index (χ4v) is 3.63. The first-order chi connectivity index (χ1) is 14.2. The summed E-state index contributed by atoms with van der Waals surface area (Å²) >= 11 is 12.5. The minimum atomic E-state index is -0.495. The van der Waals surface area contributed by atoms with Crippen molar-refractivity contribution in [3.05, 3.63) is 67.2 Å². The summed E-state index contributed by atoms with van der Waals surface area (Å²) in [7, 11) is 0. The maximum absolute atomic E-state index is 12.5. The number of amides is 1. The second-order valence-corrected chi connectivity index (χ2v) is 7.61. The molecule has 0 spiro atoms. The van der Waals surface area contributed by atoms with Crippen molar-refractivity contribution in [1.82, 2.24) is 19.6 Å². The van der Waals surface area contributed by atoms with E-state index in [0.717, 1.165) is 11.3 Å². The van der Waals surface area contributed by atoms with Gasteiger partial charge in [0.25, 0.3) is 0 Å². The van der Waals surface area contributed by atoms with E-state index in [-0.39, 0.29) is 24.6 Å². The van der Waals surface area contributed by atoms with Crippen LogP contribution in [-0.2, 0) is 17.9 Å². The van der Waals surface area contributed by atoms with Gasteiger partial charge in [0.15, 0.2) is 0 Å². The van der Waals surface area contributed by atoms with E-state index in [9.17, 15) is 14.9 Å². The minimum Gasteiger partial charge on any atom is -0.323 e. The molecule has 0 fully saturated rings. The van der Waals surface area contributed by atoms with Crippen LogP contribution in [0, 0.1) is 30.9 Å². The Labute approximate surface area is 182 Å². The number of nitrogens with zero attached hydrogens (tertiary/aromatic N) is 5. The van der Waals surface area contributed by atoms with Crippen molar-refractivity contribution >= 4 is 40.5 Å². The molecule has 0 aliphatic heterocycles. The van der Waals surface area contributed by atoms with E-state index in [4.69, 9.17) is 23.2 Å². The van der Waals surface area contributed by atoms with Crippen molar-refractivity contribution in [3.63, 3.8) is 0 Å². The van der Waals surface area contributed by atoms with E-state index in [2.05, 4.69) is 15.5 Å². The zero-order valence-electron chi connectivity index (χ0n) is 16.6. The first-order valence-electron chi connectivity index (χ1n) is 9.12. The van der Waals surface area contributed by atoms with Crippen molar-refractivity contribution in [2.75, 3.05) is 5.32 Å². The molecule has 0 aliphatic carbocycles. The van der Waals surface area contributed by atoms with Crippen LogP contribution in [0.15, 0.2) is 24.4 Å². The van der Waals surface area contributed by atoms with Crippen LogP contribution in [0.2, 0.25) is 10.0 Å². The molecule has 3 rings (SSSR count). The lowest BCUT2D eigenvalue weighted by molar-refractivity contribution is -0.385. The highest BCUT2D eigenvalue weighted by Crippen LogP contribution is 2.27. The number of anilines is 1. The van der Waals surface area contributed by atoms with Crippen molar-refractivity contribution in [1.29, 1.82) is 0 Å². The van der Waals surface area contributed by atoms with Gasteiger partial charge in [-0.05, 0) is 32.9 Å². The first-order valence-corrected chi connectivity index (χ1v) is 9.88. The molecule has 1 N–H and O–H groups in total. The van der Waals surface area contributed by atoms with Gasteiger partial charge < -0.3 is 5.32 Å². The normalized spacial score (nSPS) is 11.0. The average molecular weight is 451 g/mol. The number of aryl methyl sites for hydroxylation is 2. The van der Waals surface area contributed by atoms with E-state index in [1.807, 2.05) is 6.92 Å². The van der Waals surface area contributed by atoms with E-state index in [0.29, 0.717) is 33.7 Å². The van der Waals surface area contributed by atoms with Crippen LogP contribution in [0.5, 0.6) is 0 Å². The van der Waals surface area contributed by atoms with Crippen LogP contribution in [0.1, 0.15) is 29.1 Å². The molecule has 9 nitrogen and oxygen atoms in total. The van der Waals surface area contributed by atoms with Crippen LogP contribution < -0.4 is 5.32 Å². The van der Waals surface area contributed by atoms with Crippen LogP contribution in [-0.4, -0.2) is 30.4 Å². The Balaban J connectivity index is 1.70. The molecule has 0 saturated heterocycles. The lowest BCUT2D eigenvalue weighted by Gasteiger charge is -2.10. The topological polar surface area (TPSA) is 108 Å². The maximum atomic E-state index is 12.5. The zero-order chi connectivity index (χ0) is 22.0. The number of halogens is 2. The molecule has 0 bridgehead atoms. The number of hydrogen-bond donors (Lipinski definition) is 1. The third kappa shape index (κ3) is 4.47. The van der Waals surface area contributed by atoms with E-state index in [1.54, 1.807) is 36.7 Å². The van der Waals surface area contributed by atoms with Gasteiger partial charge in [0.05, 0.1) is 35.1 Å². The smallest absolute Gasteiger partial charge is 0.309 e. The number of carbonyl (C=O) groups is 1. The Hall–Kier alpha value is -2.91. The summed E-state index contributed by atoms with van der Waals surface area (Å²) in [6, 6.07) is 5.30. The average Bonchev–Trinajstić information content (AvgIpc) is 3.17. The van der Waals surface area contributed by atoms with Gasteiger partial charge in [-0.3, -0.25) is 24.3 Å². The monoisotopic (exact) mass is 450 g/mol. The molecular formula is C19H20Cl2N6O3. The number of benzene rings is 1. The molecule has 0 saturated carbocycles. The van der Waals surface area contributed by atoms with Gasteiger partial charge in [0.1, 0.15) is 11.9 Å². The number of aromatic nitrogens is 4. The number of hydrogen-bond acceptors (Lipinski definition) is 5. The maximum Gasteiger partial charge on any atom is 0.309 e. The molecule has 11 heteroatoms. The highest BCUT2D eigenvalue weighted by atomic mass is 35.5. The van der Waals surface area contributed by atoms with E-state index < -0.39 is 4.92 Å². The molecule has 0 atom stereocenters. The zero-order valence-corrected chi connectivity index (χ0v) is 18.2. The van der Waals surface area contributed by atoms with Gasteiger partial charge in [0, 0.05) is 22.0 Å². The van der Waals surface area contributed by atoms with Gasteiger partial charge in [-0.25, -0.2) is 0 Å². The summed E-state index contributed by atoms with van der Waals surface area (Å²) in [6.07, 6.45) is 1.30. The minimum absolute atomic E-state index is 0.0680. The predicted molar refractivity (Wildman–Crippen MR) is 114 cm³/mol. The summed E-state index contributed by atoms with van der Waals surface area (Å²) < 4.78 is 3.18. The molecule has 3 aromatic rings. The summed E-state index contributed by atoms with van der Waals surface area (Å²) in [6.45, 7) is 5.85. The van der Waals surface area contributed by atoms with E-state index >= 15 is 0 Å². The number of nitrogens with one attached hydrogen (secondary N) is 1. The van der Waals surface area contributed by atoms with E-state index in [1.165, 1.54) is 10.9 Å². The molecule has 0 aliphatic rings. The predicted octanol–water partition coefficient (Wildman–Crippen LogP) is 4.30. The second-order valence-electron chi connectivity index (χ2n) is 6.80. The standard InChI is InChI=1S/C19H20Cl2N6O3/c1-11-19(13(3)26(24-11)10-14-15(20)5-4-6-16(14)21)23-18(28)7-8-25-12(2)17(9-22-25)27(29)30/h4-6,9H,7-8,10H2,1-3H3,(H,23,28). The molecule has 2 aromatic heterocycles. The largest absolute Gasteiger partial charge is 0.323 e. The lowest BCUT2D eigenvalue weighted by Crippen LogP contribution is -2.16. The van der Waals surface area contributed by atoms with Gasteiger partial charge in [0.2, 0.25) is 5.91 Å². The summed E-state index contributed by atoms with van der Waals surface area (Å²) in [4.78, 5) is 22.9. The van der Waals surface area contributed by atoms with Gasteiger partial charge in [-0.2, -0.15) is 10.2 Å². The fraction of sp³-hybridized carbons (Fsp3) is 0.316. The van der Waals surface area contributed by atoms with Crippen LogP contribution >= 0.6 is 23.2 Å². The molecule has 1 aromatic carbocycles. The summed E-state index contributed by atoms with van der Waals surface area (Å²) in [5.41, 5.74) is 3.13. The first kappa shape index (κ1) is 21.8. The Morgan fingerprint density at radius 1 is 1.17 bits per heavy atom. The molecule has 0 radical (unpaired) electrons. The Morgan fingerprint density at radius 3 is 2.43 bits per heavy atom. The van der Waals surface area contributed by atoms with Crippen molar-refractivity contribution in [2.45, 2.75) is 40.3 Å². The number of nitro groups is 1. The molecular weight excluding hydrogens is 431 g/mol. The molecule has 1 amide bonds. The number of rotatable bonds is 7. The molecule has 30 heavy (non-hydrogen) atoms. The molecule has 158 valence electrons. The second kappa shape index (κ2) is 8.85. The fourth-order valence-electron chi connectivity index (χ4n) is 3.12. The highest BCUT2D eigenvalue weighted by molar-refractivity contribution is 6.35. The quantitative estimate of drug-likeness (QED) is 0.426. The third-order valence-corrected chi connectivity index (χ3v) is 5.55. The van der Waals surface area contributed by atoms with Gasteiger partial charge >= 0.3 is 5.69 Å². The molecule has 0 unspecified atom stereocenters. The Morgan fingerprint density at radius 2 is 1.83 bits per heavy atom. The SMILES string of the molecule is Cc1nn(Cc2c(Cl)cccc2Cl)c(C)c1NC(=O)CCn1ncc([N+](=O)[O-])c1C. The number of carbonyl (C=O) groups excluding carboxylic acids is 1. The van der Waals surface area contributed by atoms with Crippen molar-refractivity contribution in [3.8, 4) is 0 Å². The lowest BCUT2D eigenvalue weighted by atomic mass is 10.2. The van der Waals surface area contributed by atoms with Crippen LogP contribution in [0.25, 0.3) is 0 Å². The van der Waals surface area contributed by atoms with Crippen molar-refractivity contribution < 1.29 is 9.72 Å². The Bertz CT molecular complexity index is 1100.